The SMILES string of the molecule is Cc1cc(C)cc(OCC(=O)NNC(=O)c2cc(Br)ccc2Cl)c1. The topological polar surface area (TPSA) is 67.4 Å². The Balaban J connectivity index is 1.86. The summed E-state index contributed by atoms with van der Waals surface area (Å²) in [6.45, 7) is 3.68. The summed E-state index contributed by atoms with van der Waals surface area (Å²) in [7, 11) is 0. The van der Waals surface area contributed by atoms with E-state index in [1.165, 1.54) is 0 Å². The van der Waals surface area contributed by atoms with Gasteiger partial charge in [-0.1, -0.05) is 33.6 Å². The van der Waals surface area contributed by atoms with Gasteiger partial charge in [-0.2, -0.15) is 0 Å². The molecule has 0 aliphatic heterocycles. The van der Waals surface area contributed by atoms with Gasteiger partial charge in [0.25, 0.3) is 11.8 Å². The minimum Gasteiger partial charge on any atom is -0.484 e. The third-order valence-corrected chi connectivity index (χ3v) is 3.88. The normalized spacial score (nSPS) is 10.2. The summed E-state index contributed by atoms with van der Waals surface area (Å²) in [6.07, 6.45) is 0. The third kappa shape index (κ3) is 5.25. The van der Waals surface area contributed by atoms with E-state index in [4.69, 9.17) is 16.3 Å². The van der Waals surface area contributed by atoms with E-state index in [-0.39, 0.29) is 17.2 Å². The largest absolute Gasteiger partial charge is 0.484 e. The highest BCUT2D eigenvalue weighted by Gasteiger charge is 2.12. The van der Waals surface area contributed by atoms with Crippen molar-refractivity contribution in [3.63, 3.8) is 0 Å². The van der Waals surface area contributed by atoms with Gasteiger partial charge in [-0.25, -0.2) is 0 Å². The zero-order valence-electron chi connectivity index (χ0n) is 13.2. The molecule has 0 spiro atoms. The van der Waals surface area contributed by atoms with E-state index in [9.17, 15) is 9.59 Å². The molecule has 7 heteroatoms. The second-order valence-electron chi connectivity index (χ2n) is 5.24. The van der Waals surface area contributed by atoms with Crippen molar-refractivity contribution in [2.75, 3.05) is 6.61 Å². The lowest BCUT2D eigenvalue weighted by Crippen LogP contribution is -2.43. The van der Waals surface area contributed by atoms with Crippen LogP contribution in [0.4, 0.5) is 0 Å². The van der Waals surface area contributed by atoms with Gasteiger partial charge in [0.1, 0.15) is 5.75 Å². The van der Waals surface area contributed by atoms with Gasteiger partial charge in [0.05, 0.1) is 10.6 Å². The number of amides is 2. The highest BCUT2D eigenvalue weighted by molar-refractivity contribution is 9.10. The predicted molar refractivity (Wildman–Crippen MR) is 96.2 cm³/mol. The first-order chi connectivity index (χ1) is 11.3. The van der Waals surface area contributed by atoms with Crippen LogP contribution in [-0.2, 0) is 4.79 Å². The quantitative estimate of drug-likeness (QED) is 0.756. The second-order valence-corrected chi connectivity index (χ2v) is 6.56. The third-order valence-electron chi connectivity index (χ3n) is 3.05. The standard InChI is InChI=1S/C17H16BrClN2O3/c1-10-5-11(2)7-13(6-10)24-9-16(22)20-21-17(23)14-8-12(18)3-4-15(14)19/h3-8H,9H2,1-2H3,(H,20,22)(H,21,23). The number of halogens is 2. The number of ether oxygens (including phenoxy) is 1. The van der Waals surface area contributed by atoms with E-state index >= 15 is 0 Å². The van der Waals surface area contributed by atoms with Crippen LogP contribution in [0.3, 0.4) is 0 Å². The molecule has 0 aromatic heterocycles. The Bertz CT molecular complexity index is 760. The van der Waals surface area contributed by atoms with Crippen molar-refractivity contribution < 1.29 is 14.3 Å². The lowest BCUT2D eigenvalue weighted by Gasteiger charge is -2.10. The van der Waals surface area contributed by atoms with Crippen molar-refractivity contribution in [2.45, 2.75) is 13.8 Å². The van der Waals surface area contributed by atoms with Gasteiger partial charge in [0.15, 0.2) is 6.61 Å². The van der Waals surface area contributed by atoms with Crippen LogP contribution in [0.25, 0.3) is 0 Å². The summed E-state index contributed by atoms with van der Waals surface area (Å²) < 4.78 is 6.12. The molecule has 2 rings (SSSR count). The number of carbonyl (C=O) groups is 2. The molecule has 2 amide bonds. The maximum absolute atomic E-state index is 12.0. The lowest BCUT2D eigenvalue weighted by atomic mass is 10.1. The van der Waals surface area contributed by atoms with Crippen molar-refractivity contribution in [1.29, 1.82) is 0 Å². The van der Waals surface area contributed by atoms with Gasteiger partial charge in [-0.15, -0.1) is 0 Å². The first kappa shape index (κ1) is 18.3. The molecule has 0 aliphatic rings. The molecule has 0 unspecified atom stereocenters. The summed E-state index contributed by atoms with van der Waals surface area (Å²) in [5, 5.41) is 0.288. The number of rotatable bonds is 4. The number of carbonyl (C=O) groups excluding carboxylic acids is 2. The number of hydrogen-bond acceptors (Lipinski definition) is 3. The van der Waals surface area contributed by atoms with Gasteiger partial charge in [-0.3, -0.25) is 20.4 Å². The monoisotopic (exact) mass is 410 g/mol. The average molecular weight is 412 g/mol. The summed E-state index contributed by atoms with van der Waals surface area (Å²) in [4.78, 5) is 23.8. The van der Waals surface area contributed by atoms with Crippen LogP contribution >= 0.6 is 27.5 Å². The molecule has 126 valence electrons. The summed E-state index contributed by atoms with van der Waals surface area (Å²) in [5.41, 5.74) is 6.93. The smallest absolute Gasteiger partial charge is 0.276 e. The molecule has 0 saturated heterocycles. The second kappa shape index (κ2) is 8.17. The molecular formula is C17H16BrClN2O3. The van der Waals surface area contributed by atoms with Crippen LogP contribution in [0.15, 0.2) is 40.9 Å². The fraction of sp³-hybridized carbons (Fsp3) is 0.176. The molecule has 0 atom stereocenters. The van der Waals surface area contributed by atoms with Gasteiger partial charge in [-0.05, 0) is 55.3 Å². The van der Waals surface area contributed by atoms with Gasteiger partial charge in [0.2, 0.25) is 0 Å². The molecule has 0 heterocycles. The van der Waals surface area contributed by atoms with Gasteiger partial charge >= 0.3 is 0 Å². The van der Waals surface area contributed by atoms with Crippen LogP contribution in [0.5, 0.6) is 5.75 Å². The van der Waals surface area contributed by atoms with Gasteiger partial charge < -0.3 is 4.74 Å². The predicted octanol–water partition coefficient (Wildman–Crippen LogP) is 3.56. The highest BCUT2D eigenvalue weighted by atomic mass is 79.9. The van der Waals surface area contributed by atoms with Crippen molar-refractivity contribution in [3.8, 4) is 5.75 Å². The highest BCUT2D eigenvalue weighted by Crippen LogP contribution is 2.20. The van der Waals surface area contributed by atoms with Crippen molar-refractivity contribution in [1.82, 2.24) is 10.9 Å². The summed E-state index contributed by atoms with van der Waals surface area (Å²) in [5.74, 6) is -0.390. The molecule has 2 N–H and O–H groups in total. The van der Waals surface area contributed by atoms with E-state index in [1.807, 2.05) is 32.0 Å². The van der Waals surface area contributed by atoms with E-state index in [0.29, 0.717) is 10.2 Å². The fourth-order valence-corrected chi connectivity index (χ4v) is 2.63. The minimum absolute atomic E-state index is 0.213. The molecule has 0 saturated carbocycles. The first-order valence-corrected chi connectivity index (χ1v) is 8.27. The van der Waals surface area contributed by atoms with Crippen molar-refractivity contribution >= 4 is 39.3 Å². The van der Waals surface area contributed by atoms with E-state index in [2.05, 4.69) is 26.8 Å². The zero-order valence-corrected chi connectivity index (χ0v) is 15.5. The van der Waals surface area contributed by atoms with Crippen molar-refractivity contribution in [2.24, 2.45) is 0 Å². The molecule has 2 aromatic rings. The molecule has 2 aromatic carbocycles. The maximum Gasteiger partial charge on any atom is 0.276 e. The van der Waals surface area contributed by atoms with Crippen LogP contribution in [-0.4, -0.2) is 18.4 Å². The Morgan fingerprint density at radius 2 is 1.75 bits per heavy atom. The number of benzene rings is 2. The Morgan fingerprint density at radius 1 is 1.08 bits per heavy atom. The van der Waals surface area contributed by atoms with E-state index in [0.717, 1.165) is 11.1 Å². The lowest BCUT2D eigenvalue weighted by molar-refractivity contribution is -0.123. The van der Waals surface area contributed by atoms with Crippen LogP contribution in [0, 0.1) is 13.8 Å². The maximum atomic E-state index is 12.0. The molecule has 0 aliphatic carbocycles. The van der Waals surface area contributed by atoms with Gasteiger partial charge in [0, 0.05) is 4.47 Å². The molecule has 0 radical (unpaired) electrons. The Morgan fingerprint density at radius 3 is 2.42 bits per heavy atom. The van der Waals surface area contributed by atoms with Crippen LogP contribution < -0.4 is 15.6 Å². The van der Waals surface area contributed by atoms with Crippen LogP contribution in [0.2, 0.25) is 5.02 Å². The molecule has 24 heavy (non-hydrogen) atoms. The molecule has 5 nitrogen and oxygen atoms in total. The zero-order chi connectivity index (χ0) is 17.7. The Labute approximate surface area is 153 Å². The Hall–Kier alpha value is -2.05. The Kier molecular flexibility index (Phi) is 6.23. The number of aryl methyl sites for hydroxylation is 2. The van der Waals surface area contributed by atoms with Crippen LogP contribution in [0.1, 0.15) is 21.5 Å². The van der Waals surface area contributed by atoms with E-state index in [1.54, 1.807) is 18.2 Å². The van der Waals surface area contributed by atoms with E-state index < -0.39 is 11.8 Å². The molecule has 0 fully saturated rings. The fourth-order valence-electron chi connectivity index (χ4n) is 2.07. The summed E-state index contributed by atoms with van der Waals surface area (Å²) in [6, 6.07) is 10.5. The number of hydrogen-bond donors (Lipinski definition) is 2. The summed E-state index contributed by atoms with van der Waals surface area (Å²) >= 11 is 9.22. The number of nitrogens with one attached hydrogen (secondary N) is 2. The average Bonchev–Trinajstić information content (AvgIpc) is 2.52. The minimum atomic E-state index is -0.513. The molecular weight excluding hydrogens is 396 g/mol. The number of hydrazine groups is 1. The first-order valence-electron chi connectivity index (χ1n) is 7.10. The molecule has 0 bridgehead atoms. The van der Waals surface area contributed by atoms with Crippen molar-refractivity contribution in [3.05, 3.63) is 62.6 Å².